The van der Waals surface area contributed by atoms with Crippen molar-refractivity contribution in [3.05, 3.63) is 24.3 Å². The molecular formula is C15H21NO4. The molecule has 1 aromatic rings. The predicted molar refractivity (Wildman–Crippen MR) is 75.3 cm³/mol. The van der Waals surface area contributed by atoms with Gasteiger partial charge in [0.1, 0.15) is 17.5 Å². The third-order valence-corrected chi connectivity index (χ3v) is 3.57. The number of rotatable bonds is 7. The first-order chi connectivity index (χ1) is 9.70. The first-order valence-corrected chi connectivity index (χ1v) is 6.94. The van der Waals surface area contributed by atoms with Crippen LogP contribution in [0.15, 0.2) is 24.3 Å². The van der Waals surface area contributed by atoms with Crippen LogP contribution in [0.4, 0.5) is 0 Å². The van der Waals surface area contributed by atoms with Gasteiger partial charge in [-0.1, -0.05) is 0 Å². The third kappa shape index (κ3) is 3.87. The van der Waals surface area contributed by atoms with Gasteiger partial charge in [-0.25, -0.2) is 0 Å². The summed E-state index contributed by atoms with van der Waals surface area (Å²) in [6.45, 7) is 2.24. The van der Waals surface area contributed by atoms with E-state index in [1.807, 2.05) is 29.2 Å². The Balaban J connectivity index is 1.69. The molecule has 0 radical (unpaired) electrons. The number of carboxylic acids is 1. The summed E-state index contributed by atoms with van der Waals surface area (Å²) < 4.78 is 10.7. The quantitative estimate of drug-likeness (QED) is 0.774. The van der Waals surface area contributed by atoms with Crippen molar-refractivity contribution in [2.75, 3.05) is 26.8 Å². The van der Waals surface area contributed by atoms with E-state index in [1.54, 1.807) is 7.11 Å². The smallest absolute Gasteiger partial charge is 0.320 e. The summed E-state index contributed by atoms with van der Waals surface area (Å²) in [5.74, 6) is 0.902. The number of hydrogen-bond donors (Lipinski definition) is 1. The number of carbonyl (C=O) groups is 1. The molecule has 110 valence electrons. The summed E-state index contributed by atoms with van der Waals surface area (Å²) >= 11 is 0. The standard InChI is InChI=1S/C15H21NO4/c1-19-12-5-7-13(8-6-12)20-11-3-10-16-9-2-4-14(16)15(17)18/h5-8,14H,2-4,9-11H2,1H3,(H,17,18)/t14-/m0/s1. The van der Waals surface area contributed by atoms with Gasteiger partial charge in [0.2, 0.25) is 0 Å². The molecule has 5 heteroatoms. The Kier molecular flexibility index (Phi) is 5.24. The maximum absolute atomic E-state index is 11.0. The van der Waals surface area contributed by atoms with Gasteiger partial charge < -0.3 is 14.6 Å². The number of ether oxygens (including phenoxy) is 2. The Bertz CT molecular complexity index is 432. The van der Waals surface area contributed by atoms with Crippen molar-refractivity contribution >= 4 is 5.97 Å². The maximum atomic E-state index is 11.0. The molecule has 1 saturated heterocycles. The summed E-state index contributed by atoms with van der Waals surface area (Å²) in [5.41, 5.74) is 0. The fraction of sp³-hybridized carbons (Fsp3) is 0.533. The molecule has 0 aromatic heterocycles. The zero-order valence-corrected chi connectivity index (χ0v) is 11.7. The van der Waals surface area contributed by atoms with Crippen LogP contribution in [-0.4, -0.2) is 48.8 Å². The van der Waals surface area contributed by atoms with Crippen molar-refractivity contribution in [2.45, 2.75) is 25.3 Å². The highest BCUT2D eigenvalue weighted by atomic mass is 16.5. The van der Waals surface area contributed by atoms with Crippen LogP contribution in [0.25, 0.3) is 0 Å². The van der Waals surface area contributed by atoms with Gasteiger partial charge in [-0.15, -0.1) is 0 Å². The molecule has 0 saturated carbocycles. The Morgan fingerprint density at radius 1 is 1.35 bits per heavy atom. The van der Waals surface area contributed by atoms with Gasteiger partial charge in [0.05, 0.1) is 13.7 Å². The molecule has 0 amide bonds. The van der Waals surface area contributed by atoms with Crippen LogP contribution in [0.3, 0.4) is 0 Å². The number of likely N-dealkylation sites (tertiary alicyclic amines) is 1. The molecule has 1 aliphatic heterocycles. The number of methoxy groups -OCH3 is 1. The molecule has 1 aromatic carbocycles. The monoisotopic (exact) mass is 279 g/mol. The zero-order valence-electron chi connectivity index (χ0n) is 11.7. The first kappa shape index (κ1) is 14.7. The van der Waals surface area contributed by atoms with Crippen molar-refractivity contribution in [2.24, 2.45) is 0 Å². The second-order valence-corrected chi connectivity index (χ2v) is 4.91. The Morgan fingerprint density at radius 3 is 2.70 bits per heavy atom. The highest BCUT2D eigenvalue weighted by Crippen LogP contribution is 2.19. The van der Waals surface area contributed by atoms with E-state index in [4.69, 9.17) is 14.6 Å². The lowest BCUT2D eigenvalue weighted by atomic mass is 10.2. The van der Waals surface area contributed by atoms with Gasteiger partial charge >= 0.3 is 5.97 Å². The summed E-state index contributed by atoms with van der Waals surface area (Å²) in [7, 11) is 1.63. The third-order valence-electron chi connectivity index (χ3n) is 3.57. The second-order valence-electron chi connectivity index (χ2n) is 4.91. The fourth-order valence-electron chi connectivity index (χ4n) is 2.50. The van der Waals surface area contributed by atoms with Crippen LogP contribution in [0.5, 0.6) is 11.5 Å². The van der Waals surface area contributed by atoms with E-state index in [2.05, 4.69) is 0 Å². The van der Waals surface area contributed by atoms with Crippen LogP contribution in [0.2, 0.25) is 0 Å². The summed E-state index contributed by atoms with van der Waals surface area (Å²) in [4.78, 5) is 13.1. The van der Waals surface area contributed by atoms with E-state index in [0.29, 0.717) is 6.61 Å². The van der Waals surface area contributed by atoms with Crippen LogP contribution in [-0.2, 0) is 4.79 Å². The molecule has 1 fully saturated rings. The Hall–Kier alpha value is -1.75. The van der Waals surface area contributed by atoms with Gasteiger partial charge in [0.15, 0.2) is 0 Å². The number of benzene rings is 1. The first-order valence-electron chi connectivity index (χ1n) is 6.94. The highest BCUT2D eigenvalue weighted by molar-refractivity contribution is 5.73. The van der Waals surface area contributed by atoms with Gasteiger partial charge in [-0.2, -0.15) is 0 Å². The summed E-state index contributed by atoms with van der Waals surface area (Å²) in [6.07, 6.45) is 2.56. The fourth-order valence-corrected chi connectivity index (χ4v) is 2.50. The van der Waals surface area contributed by atoms with E-state index >= 15 is 0 Å². The topological polar surface area (TPSA) is 59.0 Å². The van der Waals surface area contributed by atoms with Crippen molar-refractivity contribution in [3.63, 3.8) is 0 Å². The van der Waals surface area contributed by atoms with E-state index in [-0.39, 0.29) is 6.04 Å². The molecular weight excluding hydrogens is 258 g/mol. The van der Waals surface area contributed by atoms with E-state index in [1.165, 1.54) is 0 Å². The van der Waals surface area contributed by atoms with Gasteiger partial charge in [-0.05, 0) is 50.1 Å². The molecule has 20 heavy (non-hydrogen) atoms. The van der Waals surface area contributed by atoms with Crippen LogP contribution >= 0.6 is 0 Å². The molecule has 0 bridgehead atoms. The lowest BCUT2D eigenvalue weighted by Crippen LogP contribution is -2.36. The molecule has 2 rings (SSSR count). The minimum absolute atomic E-state index is 0.309. The minimum Gasteiger partial charge on any atom is -0.497 e. The van der Waals surface area contributed by atoms with Crippen molar-refractivity contribution in [1.82, 2.24) is 4.90 Å². The average molecular weight is 279 g/mol. The number of nitrogens with zero attached hydrogens (tertiary/aromatic N) is 1. The number of carboxylic acid groups (broad SMARTS) is 1. The Labute approximate surface area is 119 Å². The molecule has 1 N–H and O–H groups in total. The van der Waals surface area contributed by atoms with E-state index in [9.17, 15) is 4.79 Å². The van der Waals surface area contributed by atoms with Gasteiger partial charge in [-0.3, -0.25) is 9.69 Å². The Morgan fingerprint density at radius 2 is 2.05 bits per heavy atom. The molecule has 1 aliphatic rings. The molecule has 5 nitrogen and oxygen atoms in total. The highest BCUT2D eigenvalue weighted by Gasteiger charge is 2.29. The molecule has 0 unspecified atom stereocenters. The van der Waals surface area contributed by atoms with E-state index < -0.39 is 5.97 Å². The SMILES string of the molecule is COc1ccc(OCCCN2CCC[C@H]2C(=O)O)cc1. The maximum Gasteiger partial charge on any atom is 0.320 e. The molecule has 0 aliphatic carbocycles. The largest absolute Gasteiger partial charge is 0.497 e. The number of hydrogen-bond acceptors (Lipinski definition) is 4. The summed E-state index contributed by atoms with van der Waals surface area (Å²) in [6, 6.07) is 7.15. The van der Waals surface area contributed by atoms with Crippen molar-refractivity contribution in [3.8, 4) is 11.5 Å². The molecule has 0 spiro atoms. The average Bonchev–Trinajstić information content (AvgIpc) is 2.93. The summed E-state index contributed by atoms with van der Waals surface area (Å²) in [5, 5.41) is 9.08. The minimum atomic E-state index is -0.710. The second kappa shape index (κ2) is 7.14. The predicted octanol–water partition coefficient (Wildman–Crippen LogP) is 2.01. The van der Waals surface area contributed by atoms with Crippen LogP contribution in [0.1, 0.15) is 19.3 Å². The van der Waals surface area contributed by atoms with E-state index in [0.717, 1.165) is 43.9 Å². The lowest BCUT2D eigenvalue weighted by molar-refractivity contribution is -0.142. The van der Waals surface area contributed by atoms with Crippen LogP contribution < -0.4 is 9.47 Å². The van der Waals surface area contributed by atoms with Crippen molar-refractivity contribution in [1.29, 1.82) is 0 Å². The zero-order chi connectivity index (χ0) is 14.4. The molecule has 1 atom stereocenters. The number of aliphatic carboxylic acids is 1. The van der Waals surface area contributed by atoms with Crippen molar-refractivity contribution < 1.29 is 19.4 Å². The van der Waals surface area contributed by atoms with Gasteiger partial charge in [0.25, 0.3) is 0 Å². The normalized spacial score (nSPS) is 18.9. The lowest BCUT2D eigenvalue weighted by Gasteiger charge is -2.20. The molecule has 1 heterocycles. The van der Waals surface area contributed by atoms with Crippen LogP contribution in [0, 0.1) is 0 Å². The van der Waals surface area contributed by atoms with Gasteiger partial charge in [0, 0.05) is 6.54 Å².